The number of carbonyl (C=O) groups is 3. The molecule has 206 valence electrons. The molecule has 0 radical (unpaired) electrons. The summed E-state index contributed by atoms with van der Waals surface area (Å²) in [5.41, 5.74) is 15.3. The second-order valence-corrected chi connectivity index (χ2v) is 11.1. The molecule has 1 fully saturated rings. The summed E-state index contributed by atoms with van der Waals surface area (Å²) in [6, 6.07) is 12.4. The van der Waals surface area contributed by atoms with Crippen LogP contribution in [-0.2, 0) is 4.79 Å². The molecule has 3 amide bonds. The molecule has 4 rings (SSSR count). The molecule has 0 unspecified atom stereocenters. The van der Waals surface area contributed by atoms with Crippen molar-refractivity contribution in [2.24, 2.45) is 5.73 Å². The van der Waals surface area contributed by atoms with Crippen LogP contribution in [0, 0.1) is 13.8 Å². The van der Waals surface area contributed by atoms with Gasteiger partial charge in [0.15, 0.2) is 5.69 Å². The van der Waals surface area contributed by atoms with Crippen LogP contribution in [-0.4, -0.2) is 42.2 Å². The number of nitrogen functional groups attached to an aromatic ring is 1. The van der Waals surface area contributed by atoms with Crippen molar-refractivity contribution in [1.82, 2.24) is 9.69 Å². The number of aromatic nitrogens is 1. The predicted octanol–water partition coefficient (Wildman–Crippen LogP) is 4.34. The van der Waals surface area contributed by atoms with Gasteiger partial charge in [-0.25, -0.2) is 0 Å². The number of primary amides is 1. The molecular formula is C29H36N6O3S. The highest BCUT2D eigenvalue weighted by atomic mass is 32.1. The maximum atomic E-state index is 14.3. The lowest BCUT2D eigenvalue weighted by molar-refractivity contribution is -0.123. The molecule has 0 bridgehead atoms. The maximum Gasteiger partial charge on any atom is 0.273 e. The molecule has 1 atom stereocenters. The Hall–Kier alpha value is -3.92. The van der Waals surface area contributed by atoms with Gasteiger partial charge in [-0.2, -0.15) is 4.37 Å². The molecule has 10 heteroatoms. The van der Waals surface area contributed by atoms with Gasteiger partial charge < -0.3 is 21.7 Å². The summed E-state index contributed by atoms with van der Waals surface area (Å²) in [7, 11) is 3.88. The topological polar surface area (TPSA) is 135 Å². The van der Waals surface area contributed by atoms with Crippen molar-refractivity contribution in [3.8, 4) is 0 Å². The van der Waals surface area contributed by atoms with Gasteiger partial charge in [-0.05, 0) is 73.1 Å². The summed E-state index contributed by atoms with van der Waals surface area (Å²) < 4.78 is 4.04. The van der Waals surface area contributed by atoms with E-state index in [0.717, 1.165) is 60.5 Å². The third-order valence-corrected chi connectivity index (χ3v) is 8.03. The van der Waals surface area contributed by atoms with Crippen LogP contribution < -0.4 is 26.6 Å². The van der Waals surface area contributed by atoms with Crippen molar-refractivity contribution in [1.29, 1.82) is 0 Å². The van der Waals surface area contributed by atoms with Crippen LogP contribution in [0.5, 0.6) is 0 Å². The number of nitrogens with one attached hydrogen (secondary N) is 1. The van der Waals surface area contributed by atoms with Crippen LogP contribution in [0.4, 0.5) is 17.1 Å². The van der Waals surface area contributed by atoms with E-state index in [0.29, 0.717) is 11.3 Å². The van der Waals surface area contributed by atoms with E-state index in [1.54, 1.807) is 0 Å². The van der Waals surface area contributed by atoms with Gasteiger partial charge in [0.25, 0.3) is 11.8 Å². The molecule has 1 aliphatic rings. The van der Waals surface area contributed by atoms with Crippen molar-refractivity contribution >= 4 is 46.3 Å². The Bertz CT molecular complexity index is 1360. The number of carbonyl (C=O) groups excluding carboxylic acids is 3. The van der Waals surface area contributed by atoms with Crippen LogP contribution in [0.25, 0.3) is 0 Å². The van der Waals surface area contributed by atoms with Gasteiger partial charge >= 0.3 is 0 Å². The number of hydrogen-bond acceptors (Lipinski definition) is 7. The average Bonchev–Trinajstić information content (AvgIpc) is 3.30. The van der Waals surface area contributed by atoms with Gasteiger partial charge in [0.2, 0.25) is 5.91 Å². The summed E-state index contributed by atoms with van der Waals surface area (Å²) in [6.45, 7) is 3.83. The Morgan fingerprint density at radius 1 is 1.03 bits per heavy atom. The first-order valence-electron chi connectivity index (χ1n) is 13.1. The number of aryl methyl sites for hydroxylation is 2. The number of nitrogens with zero attached hydrogens (tertiary/aromatic N) is 3. The predicted molar refractivity (Wildman–Crippen MR) is 156 cm³/mol. The summed E-state index contributed by atoms with van der Waals surface area (Å²) in [5, 5.41) is 3.22. The minimum absolute atomic E-state index is 0.0419. The van der Waals surface area contributed by atoms with Crippen LogP contribution in [0.2, 0.25) is 0 Å². The molecule has 0 spiro atoms. The molecule has 3 aromatic rings. The number of rotatable bonds is 8. The van der Waals surface area contributed by atoms with Gasteiger partial charge in [-0.15, -0.1) is 0 Å². The molecule has 0 saturated heterocycles. The fourth-order valence-electron chi connectivity index (χ4n) is 4.98. The molecule has 1 aliphatic carbocycles. The number of benzene rings is 2. The normalized spacial score (nSPS) is 14.5. The summed E-state index contributed by atoms with van der Waals surface area (Å²) >= 11 is 0.807. The van der Waals surface area contributed by atoms with Crippen molar-refractivity contribution in [2.75, 3.05) is 29.6 Å². The van der Waals surface area contributed by atoms with Crippen LogP contribution >= 0.6 is 11.5 Å². The van der Waals surface area contributed by atoms with Gasteiger partial charge in [-0.1, -0.05) is 43.5 Å². The van der Waals surface area contributed by atoms with Crippen molar-refractivity contribution < 1.29 is 14.4 Å². The van der Waals surface area contributed by atoms with Crippen molar-refractivity contribution in [3.63, 3.8) is 0 Å². The van der Waals surface area contributed by atoms with Crippen molar-refractivity contribution in [3.05, 3.63) is 69.7 Å². The zero-order valence-corrected chi connectivity index (χ0v) is 23.7. The number of hydrogen-bond donors (Lipinski definition) is 3. The Morgan fingerprint density at radius 2 is 1.69 bits per heavy atom. The molecule has 9 nitrogen and oxygen atoms in total. The van der Waals surface area contributed by atoms with E-state index in [-0.39, 0.29) is 28.2 Å². The lowest BCUT2D eigenvalue weighted by Gasteiger charge is -2.34. The quantitative estimate of drug-likeness (QED) is 0.383. The fourth-order valence-corrected chi connectivity index (χ4v) is 5.73. The smallest absolute Gasteiger partial charge is 0.273 e. The van der Waals surface area contributed by atoms with Gasteiger partial charge in [0, 0.05) is 31.5 Å². The second-order valence-electron chi connectivity index (χ2n) is 10.3. The van der Waals surface area contributed by atoms with E-state index < -0.39 is 17.9 Å². The SMILES string of the molecule is Cc1ccc(C)c(N(C(=O)c2snc(C(N)=O)c2N)[C@H](C(=O)NC2CCCCC2)c2ccc(N(C)C)cc2)c1. The third-order valence-electron chi connectivity index (χ3n) is 7.18. The lowest BCUT2D eigenvalue weighted by Crippen LogP contribution is -2.47. The highest BCUT2D eigenvalue weighted by Gasteiger charge is 2.37. The maximum absolute atomic E-state index is 14.3. The molecule has 1 aromatic heterocycles. The Balaban J connectivity index is 1.88. The molecule has 5 N–H and O–H groups in total. The molecule has 0 aliphatic heterocycles. The molecule has 39 heavy (non-hydrogen) atoms. The number of nitrogens with two attached hydrogens (primary N) is 2. The highest BCUT2D eigenvalue weighted by Crippen LogP contribution is 2.36. The van der Waals surface area contributed by atoms with E-state index >= 15 is 0 Å². The fraction of sp³-hybridized carbons (Fsp3) is 0.379. The summed E-state index contributed by atoms with van der Waals surface area (Å²) in [4.78, 5) is 43.8. The monoisotopic (exact) mass is 548 g/mol. The van der Waals surface area contributed by atoms with E-state index in [2.05, 4.69) is 9.69 Å². The van der Waals surface area contributed by atoms with E-state index in [1.807, 2.05) is 75.3 Å². The third kappa shape index (κ3) is 6.06. The first-order valence-corrected chi connectivity index (χ1v) is 13.9. The summed E-state index contributed by atoms with van der Waals surface area (Å²) in [6.07, 6.45) is 5.07. The minimum atomic E-state index is -0.991. The molecule has 2 aromatic carbocycles. The second kappa shape index (κ2) is 11.9. The molecule has 1 saturated carbocycles. The van der Waals surface area contributed by atoms with Gasteiger partial charge in [-0.3, -0.25) is 19.3 Å². The zero-order chi connectivity index (χ0) is 28.3. The minimum Gasteiger partial charge on any atom is -0.395 e. The average molecular weight is 549 g/mol. The van der Waals surface area contributed by atoms with Gasteiger partial charge in [0.05, 0.1) is 5.69 Å². The highest BCUT2D eigenvalue weighted by molar-refractivity contribution is 7.09. The first-order chi connectivity index (χ1) is 18.6. The number of anilines is 3. The Morgan fingerprint density at radius 3 is 2.28 bits per heavy atom. The van der Waals surface area contributed by atoms with Gasteiger partial charge in [0.1, 0.15) is 10.9 Å². The van der Waals surface area contributed by atoms with Crippen LogP contribution in [0.15, 0.2) is 42.5 Å². The lowest BCUT2D eigenvalue weighted by atomic mass is 9.94. The Labute approximate surface area is 233 Å². The van der Waals surface area contributed by atoms with E-state index in [1.165, 1.54) is 4.90 Å². The van der Waals surface area contributed by atoms with Crippen molar-refractivity contribution in [2.45, 2.75) is 58.0 Å². The largest absolute Gasteiger partial charge is 0.395 e. The zero-order valence-electron chi connectivity index (χ0n) is 22.9. The van der Waals surface area contributed by atoms with Crippen LogP contribution in [0.1, 0.15) is 75.0 Å². The standard InChI is InChI=1S/C29H36N6O3S/c1-17-10-11-18(2)22(16-17)35(29(38)26-23(30)24(27(31)36)33-39-26)25(19-12-14-21(15-13-19)34(3)4)28(37)32-20-8-6-5-7-9-20/h10-16,20,25H,5-9,30H2,1-4H3,(H2,31,36)(H,32,37)/t25-/m0/s1. The van der Waals surface area contributed by atoms with Crippen LogP contribution in [0.3, 0.4) is 0 Å². The first kappa shape index (κ1) is 28.1. The summed E-state index contributed by atoms with van der Waals surface area (Å²) in [5.74, 6) is -1.61. The van der Waals surface area contributed by atoms with E-state index in [9.17, 15) is 14.4 Å². The molecule has 1 heterocycles. The molecular weight excluding hydrogens is 512 g/mol. The Kier molecular flexibility index (Phi) is 8.54. The number of amides is 3. The van der Waals surface area contributed by atoms with E-state index in [4.69, 9.17) is 11.5 Å².